The summed E-state index contributed by atoms with van der Waals surface area (Å²) in [4.78, 5) is 29.1. The highest BCUT2D eigenvalue weighted by atomic mass is 16.5. The summed E-state index contributed by atoms with van der Waals surface area (Å²) in [5.74, 6) is 1.02. The molecule has 1 heterocycles. The third kappa shape index (κ3) is 10.2. The molecule has 1 aromatic heterocycles. The number of nitrogen functional groups attached to an aromatic ring is 1. The van der Waals surface area contributed by atoms with E-state index in [1.165, 1.54) is 0 Å². The number of rotatable bonds is 15. The molecule has 4 aromatic rings. The minimum absolute atomic E-state index is 0.0710. The van der Waals surface area contributed by atoms with Gasteiger partial charge in [-0.2, -0.15) is 0 Å². The van der Waals surface area contributed by atoms with Gasteiger partial charge in [0, 0.05) is 43.0 Å². The van der Waals surface area contributed by atoms with Crippen LogP contribution in [0.5, 0.6) is 5.75 Å². The average Bonchev–Trinajstić information content (AvgIpc) is 3.04. The van der Waals surface area contributed by atoms with Crippen molar-refractivity contribution in [1.82, 2.24) is 20.9 Å². The van der Waals surface area contributed by atoms with E-state index in [2.05, 4.69) is 27.9 Å². The predicted octanol–water partition coefficient (Wildman–Crippen LogP) is 3.76. The Labute approximate surface area is 258 Å². The Morgan fingerprint density at radius 1 is 0.909 bits per heavy atom. The van der Waals surface area contributed by atoms with E-state index in [0.717, 1.165) is 40.0 Å². The third-order valence-electron chi connectivity index (χ3n) is 7.32. The monoisotopic (exact) mass is 595 g/mol. The molecule has 2 atom stereocenters. The molecule has 0 fully saturated rings. The fourth-order valence-electron chi connectivity index (χ4n) is 4.74. The smallest absolute Gasteiger partial charge is 0.251 e. The molecule has 230 valence electrons. The molecule has 2 unspecified atom stereocenters. The fraction of sp³-hybridized carbons (Fsp3) is 0.286. The molecule has 0 radical (unpaired) electrons. The number of aliphatic hydroxyl groups is 1. The molecule has 0 saturated carbocycles. The molecule has 0 aliphatic rings. The Morgan fingerprint density at radius 3 is 2.34 bits per heavy atom. The van der Waals surface area contributed by atoms with Crippen molar-refractivity contribution in [3.05, 3.63) is 125 Å². The minimum Gasteiger partial charge on any atom is -0.497 e. The van der Waals surface area contributed by atoms with Crippen LogP contribution in [0.4, 0.5) is 5.82 Å². The van der Waals surface area contributed by atoms with E-state index < -0.39 is 6.10 Å². The number of nitrogens with zero attached hydrogens (tertiary/aromatic N) is 1. The van der Waals surface area contributed by atoms with Gasteiger partial charge in [-0.05, 0) is 72.4 Å². The van der Waals surface area contributed by atoms with Crippen LogP contribution in [0.25, 0.3) is 0 Å². The molecule has 3 aromatic carbocycles. The summed E-state index contributed by atoms with van der Waals surface area (Å²) >= 11 is 0. The lowest BCUT2D eigenvalue weighted by Crippen LogP contribution is -2.32. The molecule has 44 heavy (non-hydrogen) atoms. The Kier molecular flexibility index (Phi) is 11.9. The molecule has 4 rings (SSSR count). The van der Waals surface area contributed by atoms with Crippen LogP contribution in [0.3, 0.4) is 0 Å². The second kappa shape index (κ2) is 16.2. The molecule has 9 heteroatoms. The molecule has 0 aliphatic carbocycles. The van der Waals surface area contributed by atoms with Crippen LogP contribution < -0.4 is 26.4 Å². The van der Waals surface area contributed by atoms with Gasteiger partial charge in [-0.3, -0.25) is 9.59 Å². The number of pyridine rings is 1. The summed E-state index contributed by atoms with van der Waals surface area (Å²) in [6, 6.07) is 26.6. The number of aromatic nitrogens is 1. The second-order valence-corrected chi connectivity index (χ2v) is 10.9. The minimum atomic E-state index is -0.662. The molecule has 9 nitrogen and oxygen atoms in total. The Morgan fingerprint density at radius 2 is 1.64 bits per heavy atom. The van der Waals surface area contributed by atoms with Gasteiger partial charge in [0.15, 0.2) is 0 Å². The van der Waals surface area contributed by atoms with Crippen LogP contribution in [0.15, 0.2) is 91.1 Å². The van der Waals surface area contributed by atoms with Crippen LogP contribution in [-0.4, -0.2) is 48.1 Å². The molecule has 6 N–H and O–H groups in total. The van der Waals surface area contributed by atoms with E-state index in [-0.39, 0.29) is 24.3 Å². The van der Waals surface area contributed by atoms with Gasteiger partial charge >= 0.3 is 0 Å². The molecular weight excluding hydrogens is 554 g/mol. The topological polar surface area (TPSA) is 139 Å². The Balaban J connectivity index is 1.14. The van der Waals surface area contributed by atoms with Crippen LogP contribution in [0.1, 0.15) is 51.2 Å². The van der Waals surface area contributed by atoms with Gasteiger partial charge in [0.05, 0.1) is 19.6 Å². The van der Waals surface area contributed by atoms with Crippen LogP contribution >= 0.6 is 0 Å². The first kappa shape index (κ1) is 32.2. The number of hydrogen-bond donors (Lipinski definition) is 5. The molecule has 0 spiro atoms. The lowest BCUT2D eigenvalue weighted by molar-refractivity contribution is -0.120. The lowest BCUT2D eigenvalue weighted by Gasteiger charge is -2.17. The summed E-state index contributed by atoms with van der Waals surface area (Å²) < 4.78 is 5.24. The maximum atomic E-state index is 12.6. The van der Waals surface area contributed by atoms with E-state index in [0.29, 0.717) is 37.4 Å². The number of methoxy groups -OCH3 is 1. The molecule has 0 aliphatic heterocycles. The van der Waals surface area contributed by atoms with E-state index in [1.54, 1.807) is 37.6 Å². The van der Waals surface area contributed by atoms with Gasteiger partial charge in [0.2, 0.25) is 5.91 Å². The number of amides is 2. The van der Waals surface area contributed by atoms with E-state index in [4.69, 9.17) is 10.5 Å². The van der Waals surface area contributed by atoms with Crippen molar-refractivity contribution in [1.29, 1.82) is 0 Å². The highest BCUT2D eigenvalue weighted by Gasteiger charge is 2.11. The zero-order valence-electron chi connectivity index (χ0n) is 25.3. The van der Waals surface area contributed by atoms with Crippen LogP contribution in [-0.2, 0) is 30.6 Å². The lowest BCUT2D eigenvalue weighted by atomic mass is 10.0. The van der Waals surface area contributed by atoms with Crippen molar-refractivity contribution in [2.45, 2.75) is 44.9 Å². The van der Waals surface area contributed by atoms with Crippen LogP contribution in [0, 0.1) is 0 Å². The SMILES string of the molecule is COc1cccc(CCNC(=O)c2ccc(CNC(=O)Cc3ccc(CC(C)NCC(O)c4ccc(N)nc4)cc3)cc2)c1. The normalized spacial score (nSPS) is 12.2. The van der Waals surface area contributed by atoms with Crippen molar-refractivity contribution >= 4 is 17.6 Å². The second-order valence-electron chi connectivity index (χ2n) is 10.9. The van der Waals surface area contributed by atoms with E-state index >= 15 is 0 Å². The quantitative estimate of drug-likeness (QED) is 0.141. The third-order valence-corrected chi connectivity index (χ3v) is 7.32. The maximum Gasteiger partial charge on any atom is 0.251 e. The van der Waals surface area contributed by atoms with Crippen molar-refractivity contribution in [3.8, 4) is 5.75 Å². The Bertz CT molecular complexity index is 1490. The molecular formula is C35H41N5O4. The first-order chi connectivity index (χ1) is 21.3. The van der Waals surface area contributed by atoms with E-state index in [1.807, 2.05) is 60.7 Å². The fourth-order valence-corrected chi connectivity index (χ4v) is 4.74. The van der Waals surface area contributed by atoms with Gasteiger partial charge in [0.1, 0.15) is 11.6 Å². The van der Waals surface area contributed by atoms with Gasteiger partial charge in [-0.1, -0.05) is 54.6 Å². The van der Waals surface area contributed by atoms with Gasteiger partial charge < -0.3 is 31.5 Å². The first-order valence-corrected chi connectivity index (χ1v) is 14.8. The zero-order chi connectivity index (χ0) is 31.3. The number of carbonyl (C=O) groups is 2. The number of anilines is 1. The van der Waals surface area contributed by atoms with Crippen molar-refractivity contribution in [2.75, 3.05) is 25.9 Å². The number of nitrogens with one attached hydrogen (secondary N) is 3. The first-order valence-electron chi connectivity index (χ1n) is 14.8. The summed E-state index contributed by atoms with van der Waals surface area (Å²) in [5.41, 5.74) is 11.0. The van der Waals surface area contributed by atoms with Gasteiger partial charge in [-0.25, -0.2) is 4.98 Å². The number of ether oxygens (including phenoxy) is 1. The number of benzene rings is 3. The largest absolute Gasteiger partial charge is 0.497 e. The van der Waals surface area contributed by atoms with Crippen LogP contribution in [0.2, 0.25) is 0 Å². The standard InChI is InChI=1S/C35H41N5O4/c1-24(38-23-32(41)30-14-15-33(36)39-22-30)18-26-6-8-27(9-7-26)20-34(42)40-21-28-10-12-29(13-11-28)35(43)37-17-16-25-4-3-5-31(19-25)44-2/h3-15,19,22,24,32,38,41H,16-18,20-21,23H2,1-2H3,(H2,36,39)(H,37,43)(H,40,42). The molecule has 0 bridgehead atoms. The number of aliphatic hydroxyl groups excluding tert-OH is 1. The summed E-state index contributed by atoms with van der Waals surface area (Å²) in [7, 11) is 1.63. The van der Waals surface area contributed by atoms with E-state index in [9.17, 15) is 14.7 Å². The number of hydrogen-bond acceptors (Lipinski definition) is 7. The average molecular weight is 596 g/mol. The highest BCUT2D eigenvalue weighted by molar-refractivity contribution is 5.94. The van der Waals surface area contributed by atoms with Gasteiger partial charge in [-0.15, -0.1) is 0 Å². The number of carbonyl (C=O) groups excluding carboxylic acids is 2. The summed E-state index contributed by atoms with van der Waals surface area (Å²) in [6.45, 7) is 3.38. The molecule has 0 saturated heterocycles. The Hall–Kier alpha value is -4.73. The summed E-state index contributed by atoms with van der Waals surface area (Å²) in [5, 5.41) is 19.6. The number of nitrogens with two attached hydrogens (primary N) is 1. The zero-order valence-corrected chi connectivity index (χ0v) is 25.3. The molecule has 2 amide bonds. The maximum absolute atomic E-state index is 12.6. The van der Waals surface area contributed by atoms with Gasteiger partial charge in [0.25, 0.3) is 5.91 Å². The van der Waals surface area contributed by atoms with Crippen molar-refractivity contribution in [2.24, 2.45) is 0 Å². The summed E-state index contributed by atoms with van der Waals surface area (Å²) in [6.07, 6.45) is 2.70. The van der Waals surface area contributed by atoms with Crippen molar-refractivity contribution in [3.63, 3.8) is 0 Å². The van der Waals surface area contributed by atoms with Crippen molar-refractivity contribution < 1.29 is 19.4 Å². The highest BCUT2D eigenvalue weighted by Crippen LogP contribution is 2.14. The predicted molar refractivity (Wildman–Crippen MR) is 172 cm³/mol.